The highest BCUT2D eigenvalue weighted by molar-refractivity contribution is 5.79. The lowest BCUT2D eigenvalue weighted by Crippen LogP contribution is -2.53. The molecule has 1 saturated carbocycles. The van der Waals surface area contributed by atoms with E-state index in [4.69, 9.17) is 10.2 Å². The van der Waals surface area contributed by atoms with E-state index in [9.17, 15) is 4.79 Å². The molecule has 0 heterocycles. The Kier molecular flexibility index (Phi) is 4.54. The van der Waals surface area contributed by atoms with Crippen molar-refractivity contribution in [1.82, 2.24) is 5.32 Å². The first kappa shape index (κ1) is 12.5. The fraction of sp³-hybridized carbons (Fsp3) is 0.909. The number of nitrogens with one attached hydrogen (secondary N) is 1. The molecule has 0 spiro atoms. The summed E-state index contributed by atoms with van der Waals surface area (Å²) in [6.45, 7) is 1.18. The van der Waals surface area contributed by atoms with Gasteiger partial charge in [-0.15, -0.1) is 0 Å². The summed E-state index contributed by atoms with van der Waals surface area (Å²) in [7, 11) is 0. The van der Waals surface area contributed by atoms with Crippen molar-refractivity contribution in [2.75, 3.05) is 13.2 Å². The zero-order valence-corrected chi connectivity index (χ0v) is 9.33. The molecule has 4 heteroatoms. The van der Waals surface area contributed by atoms with Crippen molar-refractivity contribution in [2.24, 2.45) is 5.92 Å². The van der Waals surface area contributed by atoms with Crippen LogP contribution in [0.15, 0.2) is 0 Å². The molecule has 15 heavy (non-hydrogen) atoms. The van der Waals surface area contributed by atoms with Crippen LogP contribution in [-0.4, -0.2) is 34.9 Å². The second-order valence-electron chi connectivity index (χ2n) is 4.70. The maximum atomic E-state index is 11.8. The lowest BCUT2D eigenvalue weighted by molar-refractivity contribution is -0.129. The highest BCUT2D eigenvalue weighted by Gasteiger charge is 2.29. The molecule has 0 unspecified atom stereocenters. The number of amides is 1. The van der Waals surface area contributed by atoms with Crippen LogP contribution >= 0.6 is 0 Å². The summed E-state index contributed by atoms with van der Waals surface area (Å²) in [6, 6.07) is 0. The quantitative estimate of drug-likeness (QED) is 0.637. The number of aliphatic hydroxyl groups is 2. The lowest BCUT2D eigenvalue weighted by atomic mass is 9.88. The Morgan fingerprint density at radius 1 is 1.27 bits per heavy atom. The summed E-state index contributed by atoms with van der Waals surface area (Å²) < 4.78 is 0. The van der Waals surface area contributed by atoms with Crippen LogP contribution in [0.3, 0.4) is 0 Å². The number of carbonyl (C=O) groups excluding carboxylic acids is 1. The minimum Gasteiger partial charge on any atom is -0.394 e. The average Bonchev–Trinajstić information content (AvgIpc) is 2.30. The molecule has 0 aliphatic heterocycles. The third-order valence-electron chi connectivity index (χ3n) is 3.10. The average molecular weight is 215 g/mol. The van der Waals surface area contributed by atoms with Gasteiger partial charge in [0.1, 0.15) is 0 Å². The van der Waals surface area contributed by atoms with Crippen LogP contribution in [0.25, 0.3) is 0 Å². The third kappa shape index (κ3) is 3.47. The normalized spacial score (nSPS) is 18.9. The van der Waals surface area contributed by atoms with Crippen LogP contribution < -0.4 is 5.32 Å². The van der Waals surface area contributed by atoms with Crippen molar-refractivity contribution >= 4 is 5.91 Å². The fourth-order valence-corrected chi connectivity index (χ4v) is 1.89. The van der Waals surface area contributed by atoms with Gasteiger partial charge in [-0.05, 0) is 19.8 Å². The minimum atomic E-state index is -0.880. The Labute approximate surface area is 90.7 Å². The van der Waals surface area contributed by atoms with Crippen molar-refractivity contribution in [1.29, 1.82) is 0 Å². The highest BCUT2D eigenvalue weighted by atomic mass is 16.3. The molecule has 0 aromatic carbocycles. The first-order valence-electron chi connectivity index (χ1n) is 5.65. The van der Waals surface area contributed by atoms with Crippen LogP contribution in [0, 0.1) is 5.92 Å². The highest BCUT2D eigenvalue weighted by Crippen LogP contribution is 2.24. The van der Waals surface area contributed by atoms with E-state index in [0.717, 1.165) is 25.7 Å². The van der Waals surface area contributed by atoms with Crippen molar-refractivity contribution in [2.45, 2.75) is 44.6 Å². The Hall–Kier alpha value is -0.610. The largest absolute Gasteiger partial charge is 0.394 e. The molecule has 1 aliphatic rings. The van der Waals surface area contributed by atoms with Crippen LogP contribution in [0.5, 0.6) is 0 Å². The van der Waals surface area contributed by atoms with Crippen LogP contribution in [-0.2, 0) is 4.79 Å². The molecule has 1 rings (SSSR count). The Bertz CT molecular complexity index is 208. The summed E-state index contributed by atoms with van der Waals surface area (Å²) in [5, 5.41) is 20.8. The standard InChI is InChI=1S/C11H21NO3/c1-11(7-13,8-14)12-10(15)9-5-3-2-4-6-9/h9,13-14H,2-8H2,1H3,(H,12,15). The van der Waals surface area contributed by atoms with E-state index in [0.29, 0.717) is 0 Å². The first-order chi connectivity index (χ1) is 7.11. The molecule has 0 atom stereocenters. The zero-order valence-electron chi connectivity index (χ0n) is 9.33. The van der Waals surface area contributed by atoms with Gasteiger partial charge in [-0.2, -0.15) is 0 Å². The molecule has 0 aromatic rings. The van der Waals surface area contributed by atoms with Crippen molar-refractivity contribution in [3.8, 4) is 0 Å². The maximum Gasteiger partial charge on any atom is 0.223 e. The number of carbonyl (C=O) groups is 1. The molecular weight excluding hydrogens is 194 g/mol. The third-order valence-corrected chi connectivity index (χ3v) is 3.10. The fourth-order valence-electron chi connectivity index (χ4n) is 1.89. The lowest BCUT2D eigenvalue weighted by Gasteiger charge is -2.30. The molecular formula is C11H21NO3. The summed E-state index contributed by atoms with van der Waals surface area (Å²) >= 11 is 0. The van der Waals surface area contributed by atoms with E-state index in [1.807, 2.05) is 0 Å². The van der Waals surface area contributed by atoms with Crippen LogP contribution in [0.2, 0.25) is 0 Å². The predicted molar refractivity (Wildman–Crippen MR) is 57.3 cm³/mol. The Morgan fingerprint density at radius 3 is 2.27 bits per heavy atom. The summed E-state index contributed by atoms with van der Waals surface area (Å²) in [6.07, 6.45) is 5.28. The summed E-state index contributed by atoms with van der Waals surface area (Å²) in [4.78, 5) is 11.8. The topological polar surface area (TPSA) is 69.6 Å². The van der Waals surface area contributed by atoms with Gasteiger partial charge in [-0.3, -0.25) is 4.79 Å². The first-order valence-corrected chi connectivity index (χ1v) is 5.65. The van der Waals surface area contributed by atoms with Gasteiger partial charge >= 0.3 is 0 Å². The SMILES string of the molecule is CC(CO)(CO)NC(=O)C1CCCCC1. The second kappa shape index (κ2) is 5.47. The Balaban J connectivity index is 2.46. The summed E-state index contributed by atoms with van der Waals surface area (Å²) in [5.74, 6) is 0.0384. The smallest absolute Gasteiger partial charge is 0.223 e. The summed E-state index contributed by atoms with van der Waals surface area (Å²) in [5.41, 5.74) is -0.880. The van der Waals surface area contributed by atoms with Gasteiger partial charge in [-0.1, -0.05) is 19.3 Å². The molecule has 0 bridgehead atoms. The van der Waals surface area contributed by atoms with Crippen molar-refractivity contribution in [3.05, 3.63) is 0 Å². The van der Waals surface area contributed by atoms with E-state index < -0.39 is 5.54 Å². The molecule has 0 saturated heterocycles. The zero-order chi connectivity index (χ0) is 11.3. The number of aliphatic hydroxyl groups excluding tert-OH is 2. The van der Waals surface area contributed by atoms with E-state index in [1.165, 1.54) is 6.42 Å². The van der Waals surface area contributed by atoms with Gasteiger partial charge in [0.25, 0.3) is 0 Å². The molecule has 0 radical (unpaired) electrons. The number of hydrogen-bond donors (Lipinski definition) is 3. The van der Waals surface area contributed by atoms with Gasteiger partial charge in [0.15, 0.2) is 0 Å². The van der Waals surface area contributed by atoms with E-state index in [2.05, 4.69) is 5.32 Å². The predicted octanol–water partition coefficient (Wildman–Crippen LogP) is 0.426. The monoisotopic (exact) mass is 215 g/mol. The van der Waals surface area contributed by atoms with E-state index in [1.54, 1.807) is 6.92 Å². The maximum absolute atomic E-state index is 11.8. The molecule has 88 valence electrons. The van der Waals surface area contributed by atoms with E-state index in [-0.39, 0.29) is 25.0 Å². The molecule has 1 aliphatic carbocycles. The number of rotatable bonds is 4. The molecule has 1 fully saturated rings. The van der Waals surface area contributed by atoms with Crippen molar-refractivity contribution < 1.29 is 15.0 Å². The second-order valence-corrected chi connectivity index (χ2v) is 4.70. The van der Waals surface area contributed by atoms with Gasteiger partial charge in [0, 0.05) is 5.92 Å². The minimum absolute atomic E-state index is 0.0275. The van der Waals surface area contributed by atoms with Crippen molar-refractivity contribution in [3.63, 3.8) is 0 Å². The van der Waals surface area contributed by atoms with Crippen LogP contribution in [0.1, 0.15) is 39.0 Å². The van der Waals surface area contributed by atoms with Gasteiger partial charge in [0.05, 0.1) is 18.8 Å². The van der Waals surface area contributed by atoms with Crippen LogP contribution in [0.4, 0.5) is 0 Å². The molecule has 3 N–H and O–H groups in total. The van der Waals surface area contributed by atoms with Gasteiger partial charge in [0.2, 0.25) is 5.91 Å². The molecule has 0 aromatic heterocycles. The Morgan fingerprint density at radius 2 is 1.80 bits per heavy atom. The van der Waals surface area contributed by atoms with E-state index >= 15 is 0 Å². The molecule has 1 amide bonds. The van der Waals surface area contributed by atoms with Gasteiger partial charge < -0.3 is 15.5 Å². The molecule has 4 nitrogen and oxygen atoms in total. The number of hydrogen-bond acceptors (Lipinski definition) is 3. The van der Waals surface area contributed by atoms with Gasteiger partial charge in [-0.25, -0.2) is 0 Å².